The second-order valence-corrected chi connectivity index (χ2v) is 7.01. The molecule has 2 aromatic rings. The molecule has 4 heteroatoms. The van der Waals surface area contributed by atoms with E-state index in [1.807, 2.05) is 42.6 Å². The van der Waals surface area contributed by atoms with Gasteiger partial charge in [0, 0.05) is 22.9 Å². The number of nitrogens with one attached hydrogen (secondary N) is 1. The average Bonchev–Trinajstić information content (AvgIpc) is 2.65. The first kappa shape index (κ1) is 20.5. The van der Waals surface area contributed by atoms with Crippen LogP contribution >= 0.6 is 11.6 Å². The molecule has 0 fully saturated rings. The van der Waals surface area contributed by atoms with E-state index in [1.54, 1.807) is 0 Å². The highest BCUT2D eigenvalue weighted by Crippen LogP contribution is 2.15. The van der Waals surface area contributed by atoms with Crippen molar-refractivity contribution < 1.29 is 0 Å². The van der Waals surface area contributed by atoms with Crippen molar-refractivity contribution in [3.05, 3.63) is 58.9 Å². The summed E-state index contributed by atoms with van der Waals surface area (Å²) in [5.74, 6) is 0. The minimum atomic E-state index is 0.445. The van der Waals surface area contributed by atoms with Crippen LogP contribution in [0.3, 0.4) is 0 Å². The van der Waals surface area contributed by atoms with Crippen LogP contribution in [-0.4, -0.2) is 35.6 Å². The zero-order chi connectivity index (χ0) is 18.8. The molecule has 2 rings (SSSR count). The Morgan fingerprint density at radius 2 is 1.85 bits per heavy atom. The first-order chi connectivity index (χ1) is 12.6. The Bertz CT molecular complexity index is 678. The van der Waals surface area contributed by atoms with Gasteiger partial charge in [0.25, 0.3) is 0 Å². The van der Waals surface area contributed by atoms with Gasteiger partial charge in [0.1, 0.15) is 0 Å². The van der Waals surface area contributed by atoms with Gasteiger partial charge < -0.3 is 10.2 Å². The number of rotatable bonds is 10. The third-order valence-corrected chi connectivity index (χ3v) is 4.77. The number of halogens is 1. The Hall–Kier alpha value is -1.84. The Labute approximate surface area is 163 Å². The van der Waals surface area contributed by atoms with E-state index in [-0.39, 0.29) is 0 Å². The van der Waals surface area contributed by atoms with E-state index in [0.29, 0.717) is 6.04 Å². The second kappa shape index (κ2) is 11.0. The molecule has 0 radical (unpaired) electrons. The quantitative estimate of drug-likeness (QED) is 0.569. The Balaban J connectivity index is 1.86. The Morgan fingerprint density at radius 3 is 2.54 bits per heavy atom. The average molecular weight is 372 g/mol. The molecule has 140 valence electrons. The fourth-order valence-electron chi connectivity index (χ4n) is 2.90. The van der Waals surface area contributed by atoms with E-state index < -0.39 is 0 Å². The van der Waals surface area contributed by atoms with Crippen LogP contribution in [-0.2, 0) is 0 Å². The van der Waals surface area contributed by atoms with Gasteiger partial charge in [-0.1, -0.05) is 43.7 Å². The molecule has 1 N–H and O–H groups in total. The maximum atomic E-state index is 5.92. The molecule has 0 bridgehead atoms. The van der Waals surface area contributed by atoms with Crippen molar-refractivity contribution in [3.8, 4) is 0 Å². The van der Waals surface area contributed by atoms with Gasteiger partial charge in [0.15, 0.2) is 0 Å². The summed E-state index contributed by atoms with van der Waals surface area (Å²) in [4.78, 5) is 6.90. The minimum absolute atomic E-state index is 0.445. The van der Waals surface area contributed by atoms with Crippen molar-refractivity contribution >= 4 is 29.4 Å². The molecule has 26 heavy (non-hydrogen) atoms. The standard InChI is InChI=1S/C22H30ClN3/c1-4-26(5-2)16-6-7-18(3)25-22-14-15-24-21(17-22)13-10-19-8-11-20(23)12-9-19/h8-15,17-18H,4-7,16H2,1-3H3,(H,24,25)/b13-10-/t18-/m0/s1. The van der Waals surface area contributed by atoms with Gasteiger partial charge in [-0.05, 0) is 75.3 Å². The third kappa shape index (κ3) is 7.19. The van der Waals surface area contributed by atoms with E-state index in [9.17, 15) is 0 Å². The van der Waals surface area contributed by atoms with Crippen LogP contribution in [0.25, 0.3) is 12.2 Å². The molecular formula is C22H30ClN3. The fourth-order valence-corrected chi connectivity index (χ4v) is 3.03. The minimum Gasteiger partial charge on any atom is -0.382 e. The van der Waals surface area contributed by atoms with Crippen molar-refractivity contribution in [1.29, 1.82) is 0 Å². The van der Waals surface area contributed by atoms with Crippen LogP contribution < -0.4 is 5.32 Å². The largest absolute Gasteiger partial charge is 0.382 e. The van der Waals surface area contributed by atoms with Crippen molar-refractivity contribution in [1.82, 2.24) is 9.88 Å². The summed E-state index contributed by atoms with van der Waals surface area (Å²) in [5, 5.41) is 4.34. The van der Waals surface area contributed by atoms with E-state index in [2.05, 4.69) is 48.1 Å². The van der Waals surface area contributed by atoms with Crippen LogP contribution in [0.2, 0.25) is 5.02 Å². The fraction of sp³-hybridized carbons (Fsp3) is 0.409. The lowest BCUT2D eigenvalue weighted by Crippen LogP contribution is -2.25. The molecule has 1 atom stereocenters. The van der Waals surface area contributed by atoms with E-state index >= 15 is 0 Å². The van der Waals surface area contributed by atoms with Crippen LogP contribution in [0.1, 0.15) is 44.9 Å². The molecule has 0 amide bonds. The summed E-state index contributed by atoms with van der Waals surface area (Å²) in [6, 6.07) is 12.4. The highest BCUT2D eigenvalue weighted by molar-refractivity contribution is 6.30. The highest BCUT2D eigenvalue weighted by atomic mass is 35.5. The normalized spacial score (nSPS) is 12.7. The van der Waals surface area contributed by atoms with Gasteiger partial charge in [0.05, 0.1) is 5.69 Å². The summed E-state index contributed by atoms with van der Waals surface area (Å²) >= 11 is 5.92. The summed E-state index contributed by atoms with van der Waals surface area (Å²) in [5.41, 5.74) is 3.17. The maximum absolute atomic E-state index is 5.92. The van der Waals surface area contributed by atoms with Gasteiger partial charge in [-0.3, -0.25) is 4.98 Å². The van der Waals surface area contributed by atoms with Crippen LogP contribution in [0.5, 0.6) is 0 Å². The first-order valence-corrected chi connectivity index (χ1v) is 9.87. The van der Waals surface area contributed by atoms with Crippen molar-refractivity contribution in [2.24, 2.45) is 0 Å². The summed E-state index contributed by atoms with van der Waals surface area (Å²) in [6.07, 6.45) is 8.31. The van der Waals surface area contributed by atoms with Gasteiger partial charge >= 0.3 is 0 Å². The predicted molar refractivity (Wildman–Crippen MR) is 115 cm³/mol. The lowest BCUT2D eigenvalue weighted by molar-refractivity contribution is 0.295. The maximum Gasteiger partial charge on any atom is 0.0650 e. The molecule has 1 heterocycles. The molecule has 1 aromatic carbocycles. The van der Waals surface area contributed by atoms with Gasteiger partial charge in [0.2, 0.25) is 0 Å². The lowest BCUT2D eigenvalue weighted by Gasteiger charge is -2.20. The summed E-state index contributed by atoms with van der Waals surface area (Å²) < 4.78 is 0. The van der Waals surface area contributed by atoms with Gasteiger partial charge in [-0.2, -0.15) is 0 Å². The van der Waals surface area contributed by atoms with Crippen molar-refractivity contribution in [2.45, 2.75) is 39.7 Å². The van der Waals surface area contributed by atoms with E-state index in [1.165, 1.54) is 13.0 Å². The number of hydrogen-bond donors (Lipinski definition) is 1. The SMILES string of the molecule is CCN(CC)CCC[C@H](C)Nc1ccnc(/C=C\c2ccc(Cl)cc2)c1. The number of hydrogen-bond acceptors (Lipinski definition) is 3. The first-order valence-electron chi connectivity index (χ1n) is 9.49. The highest BCUT2D eigenvalue weighted by Gasteiger charge is 2.05. The molecular weight excluding hydrogens is 342 g/mol. The Kier molecular flexibility index (Phi) is 8.66. The summed E-state index contributed by atoms with van der Waals surface area (Å²) in [6.45, 7) is 10.1. The van der Waals surface area contributed by atoms with Gasteiger partial charge in [-0.25, -0.2) is 0 Å². The number of nitrogens with zero attached hydrogens (tertiary/aromatic N) is 2. The third-order valence-electron chi connectivity index (χ3n) is 4.52. The molecule has 0 aliphatic rings. The molecule has 0 saturated heterocycles. The lowest BCUT2D eigenvalue weighted by atomic mass is 10.1. The smallest absolute Gasteiger partial charge is 0.0650 e. The van der Waals surface area contributed by atoms with E-state index in [0.717, 1.165) is 41.5 Å². The second-order valence-electron chi connectivity index (χ2n) is 6.57. The molecule has 0 aliphatic carbocycles. The topological polar surface area (TPSA) is 28.2 Å². The zero-order valence-corrected chi connectivity index (χ0v) is 16.8. The molecule has 0 unspecified atom stereocenters. The molecule has 0 spiro atoms. The molecule has 0 aliphatic heterocycles. The number of benzene rings is 1. The zero-order valence-electron chi connectivity index (χ0n) is 16.1. The number of pyridine rings is 1. The predicted octanol–water partition coefficient (Wildman–Crippen LogP) is 5.83. The van der Waals surface area contributed by atoms with Crippen LogP contribution in [0.4, 0.5) is 5.69 Å². The number of anilines is 1. The Morgan fingerprint density at radius 1 is 1.12 bits per heavy atom. The molecule has 0 saturated carbocycles. The number of aromatic nitrogens is 1. The van der Waals surface area contributed by atoms with E-state index in [4.69, 9.17) is 11.6 Å². The summed E-state index contributed by atoms with van der Waals surface area (Å²) in [7, 11) is 0. The van der Waals surface area contributed by atoms with Gasteiger partial charge in [-0.15, -0.1) is 0 Å². The monoisotopic (exact) mass is 371 g/mol. The molecule has 1 aromatic heterocycles. The van der Waals surface area contributed by atoms with Crippen molar-refractivity contribution in [3.63, 3.8) is 0 Å². The van der Waals surface area contributed by atoms with Crippen LogP contribution in [0, 0.1) is 0 Å². The van der Waals surface area contributed by atoms with Crippen LogP contribution in [0.15, 0.2) is 42.6 Å². The molecule has 3 nitrogen and oxygen atoms in total. The van der Waals surface area contributed by atoms with Crippen molar-refractivity contribution in [2.75, 3.05) is 25.0 Å².